The first-order valence-electron chi connectivity index (χ1n) is 13.8. The quantitative estimate of drug-likeness (QED) is 0.219. The number of carbonyl (C=O) groups excluding carboxylic acids is 2. The van der Waals surface area contributed by atoms with Gasteiger partial charge < -0.3 is 15.4 Å². The number of carbonyl (C=O) groups is 2. The summed E-state index contributed by atoms with van der Waals surface area (Å²) in [5.41, 5.74) is 6.86. The summed E-state index contributed by atoms with van der Waals surface area (Å²) >= 11 is 0. The Balaban J connectivity index is 1.79. The predicted octanol–water partition coefficient (Wildman–Crippen LogP) is 4.83. The first-order chi connectivity index (χ1) is 18.5. The van der Waals surface area contributed by atoms with Crippen molar-refractivity contribution in [2.24, 2.45) is 0 Å². The highest BCUT2D eigenvalue weighted by Gasteiger charge is 2.22. The highest BCUT2D eigenvalue weighted by Crippen LogP contribution is 2.19. The fourth-order valence-corrected chi connectivity index (χ4v) is 4.84. The van der Waals surface area contributed by atoms with Gasteiger partial charge in [0.2, 0.25) is 5.91 Å². The number of hydrogen-bond acceptors (Lipinski definition) is 5. The second kappa shape index (κ2) is 17.3. The molecule has 6 nitrogen and oxygen atoms in total. The Morgan fingerprint density at radius 2 is 1.89 bits per heavy atom. The van der Waals surface area contributed by atoms with Crippen molar-refractivity contribution >= 4 is 18.3 Å². The van der Waals surface area contributed by atoms with Gasteiger partial charge in [0.05, 0.1) is 17.7 Å². The van der Waals surface area contributed by atoms with E-state index in [0.29, 0.717) is 19.4 Å². The molecule has 1 amide bonds. The van der Waals surface area contributed by atoms with E-state index in [1.807, 2.05) is 30.2 Å². The smallest absolute Gasteiger partial charge is 0.237 e. The molecule has 38 heavy (non-hydrogen) atoms. The lowest BCUT2D eigenvalue weighted by atomic mass is 9.97. The van der Waals surface area contributed by atoms with Gasteiger partial charge in [0.1, 0.15) is 6.29 Å². The molecule has 2 rings (SSSR count). The third kappa shape index (κ3) is 9.89. The van der Waals surface area contributed by atoms with Gasteiger partial charge in [-0.15, -0.1) is 0 Å². The fourth-order valence-electron chi connectivity index (χ4n) is 4.84. The number of nitriles is 1. The van der Waals surface area contributed by atoms with Crippen LogP contribution < -0.4 is 10.6 Å². The van der Waals surface area contributed by atoms with Crippen molar-refractivity contribution in [3.05, 3.63) is 76.4 Å². The van der Waals surface area contributed by atoms with E-state index < -0.39 is 0 Å². The van der Waals surface area contributed by atoms with Crippen LogP contribution in [-0.2, 0) is 35.4 Å². The minimum absolute atomic E-state index is 0.0717. The summed E-state index contributed by atoms with van der Waals surface area (Å²) in [4.78, 5) is 25.2. The molecule has 0 saturated carbocycles. The summed E-state index contributed by atoms with van der Waals surface area (Å²) in [6.07, 6.45) is 10.0. The molecular formula is C32H44N4O2. The standard InChI is InChI=1S/C32H44N4O2/c1-5-27-15-13-25(21-30(27)24-36(4)31(12-10-20-37)32(38)34-3)17-19-35-18-9-7-8-11-29-16-14-26(23-33)22-28(29)6-2/h5,13-16,20-22,31,35H,1,6-12,17-19,24H2,2-4H3,(H,34,38). The Kier molecular flexibility index (Phi) is 14.1. The van der Waals surface area contributed by atoms with Crippen LogP contribution in [0.4, 0.5) is 0 Å². The fraction of sp³-hybridized carbons (Fsp3) is 0.469. The van der Waals surface area contributed by atoms with Crippen LogP contribution in [0.3, 0.4) is 0 Å². The van der Waals surface area contributed by atoms with Gasteiger partial charge >= 0.3 is 0 Å². The van der Waals surface area contributed by atoms with Crippen LogP contribution in [0.25, 0.3) is 6.08 Å². The van der Waals surface area contributed by atoms with Crippen molar-refractivity contribution in [1.82, 2.24) is 15.5 Å². The Morgan fingerprint density at radius 3 is 2.58 bits per heavy atom. The average molecular weight is 517 g/mol. The maximum Gasteiger partial charge on any atom is 0.237 e. The normalized spacial score (nSPS) is 11.7. The summed E-state index contributed by atoms with van der Waals surface area (Å²) in [6.45, 7) is 8.62. The number of hydrogen-bond donors (Lipinski definition) is 2. The van der Waals surface area contributed by atoms with E-state index in [2.05, 4.69) is 54.5 Å². The molecule has 2 aromatic rings. The molecule has 2 N–H and O–H groups in total. The van der Waals surface area contributed by atoms with E-state index in [1.54, 1.807) is 7.05 Å². The molecule has 0 radical (unpaired) electrons. The number of benzene rings is 2. The van der Waals surface area contributed by atoms with E-state index in [9.17, 15) is 9.59 Å². The number of amides is 1. The number of likely N-dealkylation sites (N-methyl/N-ethyl adjacent to an activating group) is 2. The molecule has 0 saturated heterocycles. The van der Waals surface area contributed by atoms with E-state index in [1.165, 1.54) is 23.1 Å². The summed E-state index contributed by atoms with van der Waals surface area (Å²) < 4.78 is 0. The van der Waals surface area contributed by atoms with Crippen LogP contribution in [0.2, 0.25) is 0 Å². The summed E-state index contributed by atoms with van der Waals surface area (Å²) in [5, 5.41) is 15.4. The molecule has 6 heteroatoms. The van der Waals surface area contributed by atoms with Crippen LogP contribution in [-0.4, -0.2) is 50.3 Å². The van der Waals surface area contributed by atoms with Gasteiger partial charge in [0.25, 0.3) is 0 Å². The average Bonchev–Trinajstić information content (AvgIpc) is 2.94. The zero-order valence-corrected chi connectivity index (χ0v) is 23.4. The Hall–Kier alpha value is -3.27. The molecular weight excluding hydrogens is 472 g/mol. The molecule has 1 unspecified atom stereocenters. The molecule has 0 bridgehead atoms. The molecule has 0 aliphatic carbocycles. The molecule has 0 aromatic heterocycles. The monoisotopic (exact) mass is 516 g/mol. The Morgan fingerprint density at radius 1 is 1.08 bits per heavy atom. The maximum atomic E-state index is 12.4. The van der Waals surface area contributed by atoms with Gasteiger partial charge in [0, 0.05) is 20.0 Å². The van der Waals surface area contributed by atoms with E-state index in [0.717, 1.165) is 68.2 Å². The van der Waals surface area contributed by atoms with Crippen molar-refractivity contribution in [3.63, 3.8) is 0 Å². The predicted molar refractivity (Wildman–Crippen MR) is 156 cm³/mol. The Bertz CT molecular complexity index is 1090. The molecule has 204 valence electrons. The van der Waals surface area contributed by atoms with Crippen molar-refractivity contribution in [3.8, 4) is 6.07 Å². The lowest BCUT2D eigenvalue weighted by Gasteiger charge is -2.27. The van der Waals surface area contributed by atoms with E-state index in [4.69, 9.17) is 5.26 Å². The van der Waals surface area contributed by atoms with Gasteiger partial charge in [-0.25, -0.2) is 0 Å². The second-order valence-corrected chi connectivity index (χ2v) is 9.79. The minimum atomic E-state index is -0.348. The van der Waals surface area contributed by atoms with Crippen molar-refractivity contribution in [2.75, 3.05) is 27.2 Å². The lowest BCUT2D eigenvalue weighted by molar-refractivity contribution is -0.126. The number of aryl methyl sites for hydroxylation is 2. The largest absolute Gasteiger partial charge is 0.358 e. The van der Waals surface area contributed by atoms with E-state index >= 15 is 0 Å². The van der Waals surface area contributed by atoms with Crippen LogP contribution in [0.1, 0.15) is 72.4 Å². The first-order valence-corrected chi connectivity index (χ1v) is 13.8. The van der Waals surface area contributed by atoms with Gasteiger partial charge in [0.15, 0.2) is 0 Å². The highest BCUT2D eigenvalue weighted by atomic mass is 16.2. The zero-order valence-electron chi connectivity index (χ0n) is 23.4. The summed E-state index contributed by atoms with van der Waals surface area (Å²) in [6, 6.07) is 14.4. The van der Waals surface area contributed by atoms with Gasteiger partial charge in [-0.05, 0) is 98.6 Å². The van der Waals surface area contributed by atoms with Gasteiger partial charge in [-0.2, -0.15) is 5.26 Å². The van der Waals surface area contributed by atoms with Crippen molar-refractivity contribution < 1.29 is 9.59 Å². The zero-order chi connectivity index (χ0) is 27.8. The van der Waals surface area contributed by atoms with Crippen LogP contribution >= 0.6 is 0 Å². The van der Waals surface area contributed by atoms with Crippen LogP contribution in [0.15, 0.2) is 43.0 Å². The minimum Gasteiger partial charge on any atom is -0.358 e. The first kappa shape index (κ1) is 31.0. The van der Waals surface area contributed by atoms with Crippen LogP contribution in [0, 0.1) is 11.3 Å². The number of nitrogens with one attached hydrogen (secondary N) is 2. The third-order valence-electron chi connectivity index (χ3n) is 7.09. The second-order valence-electron chi connectivity index (χ2n) is 9.79. The molecule has 2 aromatic carbocycles. The topological polar surface area (TPSA) is 85.2 Å². The van der Waals surface area contributed by atoms with Crippen molar-refractivity contribution in [2.45, 2.75) is 70.9 Å². The maximum absolute atomic E-state index is 12.4. The third-order valence-corrected chi connectivity index (χ3v) is 7.09. The number of aldehydes is 1. The molecule has 0 heterocycles. The lowest BCUT2D eigenvalue weighted by Crippen LogP contribution is -2.43. The molecule has 0 aliphatic heterocycles. The van der Waals surface area contributed by atoms with Crippen molar-refractivity contribution in [1.29, 1.82) is 5.26 Å². The molecule has 0 spiro atoms. The van der Waals surface area contributed by atoms with Crippen LogP contribution in [0.5, 0.6) is 0 Å². The number of unbranched alkanes of at least 4 members (excludes halogenated alkanes) is 2. The van der Waals surface area contributed by atoms with E-state index in [-0.39, 0.29) is 11.9 Å². The summed E-state index contributed by atoms with van der Waals surface area (Å²) in [5.74, 6) is -0.0717. The molecule has 0 aliphatic rings. The summed E-state index contributed by atoms with van der Waals surface area (Å²) in [7, 11) is 3.56. The SMILES string of the molecule is C=Cc1ccc(CCNCCCCCc2ccc(C#N)cc2CC)cc1CN(C)C(CCC=O)C(=O)NC. The molecule has 0 fully saturated rings. The van der Waals surface area contributed by atoms with Gasteiger partial charge in [-0.1, -0.05) is 50.3 Å². The number of nitrogens with zero attached hydrogens (tertiary/aromatic N) is 2. The highest BCUT2D eigenvalue weighted by molar-refractivity contribution is 5.81. The molecule has 1 atom stereocenters. The Labute approximate surface area is 229 Å². The number of rotatable bonds is 18. The van der Waals surface area contributed by atoms with Gasteiger partial charge in [-0.3, -0.25) is 9.69 Å².